The molecule has 2 aliphatic rings. The number of ether oxygens (including phenoxy) is 1. The lowest BCUT2D eigenvalue weighted by molar-refractivity contribution is -0.157. The minimum absolute atomic E-state index is 0. The Morgan fingerprint density at radius 3 is 2.65 bits per heavy atom. The molecular formula is C25H24BrN3O4S. The molecule has 0 radical (unpaired) electrons. The number of aliphatic hydroxyl groups is 1. The minimum atomic E-state index is -1.45. The van der Waals surface area contributed by atoms with E-state index in [0.29, 0.717) is 23.4 Å². The first-order valence-electron chi connectivity index (χ1n) is 11.0. The summed E-state index contributed by atoms with van der Waals surface area (Å²) in [6, 6.07) is 7.65. The maximum atomic E-state index is 13.2. The van der Waals surface area contributed by atoms with E-state index in [9.17, 15) is 14.7 Å². The van der Waals surface area contributed by atoms with Gasteiger partial charge in [0.25, 0.3) is 5.56 Å². The maximum Gasteiger partial charge on any atom is 0.340 e. The van der Waals surface area contributed by atoms with Crippen molar-refractivity contribution in [2.75, 3.05) is 0 Å². The van der Waals surface area contributed by atoms with Gasteiger partial charge in [0.05, 0.1) is 34.5 Å². The first kappa shape index (κ1) is 24.4. The van der Waals surface area contributed by atoms with E-state index >= 15 is 0 Å². The lowest BCUT2D eigenvalue weighted by Gasteiger charge is -2.21. The van der Waals surface area contributed by atoms with Crippen LogP contribution in [-0.4, -0.2) is 25.6 Å². The van der Waals surface area contributed by atoms with Gasteiger partial charge >= 0.3 is 5.97 Å². The lowest BCUT2D eigenvalue weighted by Crippen LogP contribution is -2.32. The standard InChI is InChI=1S/C23H16BrN3O4.C2H6.H2S/c1-2-11-14-8-27-18(6-12-15(22(27)29)9-31-23(30)21(12)28)20(14)26-17-4-3-16-13(19(11)17)5-10(24)7-25-16;1-2;/h3-7,21,28H,2,8-9H2,1H3;1-2H3;1H2. The molecule has 34 heavy (non-hydrogen) atoms. The molecular weight excluding hydrogens is 518 g/mol. The summed E-state index contributed by atoms with van der Waals surface area (Å²) >= 11 is 3.52. The second kappa shape index (κ2) is 9.13. The zero-order chi connectivity index (χ0) is 23.4. The molecule has 5 heterocycles. The number of benzene rings is 1. The molecule has 1 unspecified atom stereocenters. The predicted octanol–water partition coefficient (Wildman–Crippen LogP) is 4.53. The summed E-state index contributed by atoms with van der Waals surface area (Å²) < 4.78 is 7.53. The molecule has 0 bridgehead atoms. The van der Waals surface area contributed by atoms with Gasteiger partial charge in [-0.2, -0.15) is 13.5 Å². The summed E-state index contributed by atoms with van der Waals surface area (Å²) in [5.74, 6) is -0.736. The number of halogens is 1. The van der Waals surface area contributed by atoms with Crippen molar-refractivity contribution in [2.24, 2.45) is 0 Å². The first-order valence-corrected chi connectivity index (χ1v) is 11.8. The van der Waals surface area contributed by atoms with E-state index in [2.05, 4.69) is 27.8 Å². The fraction of sp³-hybridized carbons (Fsp3) is 0.280. The zero-order valence-corrected chi connectivity index (χ0v) is 21.6. The molecule has 176 valence electrons. The number of nitrogens with zero attached hydrogens (tertiary/aromatic N) is 3. The van der Waals surface area contributed by atoms with Gasteiger partial charge in [0.15, 0.2) is 6.10 Å². The Bertz CT molecular complexity index is 1530. The van der Waals surface area contributed by atoms with Gasteiger partial charge in [-0.05, 0) is 52.2 Å². The van der Waals surface area contributed by atoms with Crippen LogP contribution in [-0.2, 0) is 29.1 Å². The predicted molar refractivity (Wildman–Crippen MR) is 139 cm³/mol. The Hall–Kier alpha value is -2.75. The number of carbonyl (C=O) groups is 1. The molecule has 0 amide bonds. The Balaban J connectivity index is 0.000000890. The van der Waals surface area contributed by atoms with E-state index in [1.807, 2.05) is 32.0 Å². The average molecular weight is 542 g/mol. The van der Waals surface area contributed by atoms with Crippen molar-refractivity contribution in [1.82, 2.24) is 14.5 Å². The Labute approximate surface area is 211 Å². The van der Waals surface area contributed by atoms with E-state index in [-0.39, 0.29) is 25.7 Å². The molecule has 7 nitrogen and oxygen atoms in total. The first-order chi connectivity index (χ1) is 16.0. The van der Waals surface area contributed by atoms with Crippen molar-refractivity contribution in [3.8, 4) is 11.4 Å². The second-order valence-electron chi connectivity index (χ2n) is 7.82. The smallest absolute Gasteiger partial charge is 0.340 e. The number of rotatable bonds is 1. The summed E-state index contributed by atoms with van der Waals surface area (Å²) in [7, 11) is 0. The highest BCUT2D eigenvalue weighted by atomic mass is 79.9. The van der Waals surface area contributed by atoms with Gasteiger partial charge in [-0.1, -0.05) is 20.8 Å². The molecule has 1 aromatic carbocycles. The number of aromatic nitrogens is 3. The van der Waals surface area contributed by atoms with E-state index in [1.54, 1.807) is 16.8 Å². The topological polar surface area (TPSA) is 94.3 Å². The summed E-state index contributed by atoms with van der Waals surface area (Å²) in [6.45, 7) is 6.36. The summed E-state index contributed by atoms with van der Waals surface area (Å²) in [4.78, 5) is 34.5. The van der Waals surface area contributed by atoms with Crippen LogP contribution in [0.15, 0.2) is 39.7 Å². The molecule has 0 aliphatic carbocycles. The second-order valence-corrected chi connectivity index (χ2v) is 8.73. The molecule has 0 spiro atoms. The van der Waals surface area contributed by atoms with Crippen LogP contribution in [0.2, 0.25) is 0 Å². The highest BCUT2D eigenvalue weighted by Crippen LogP contribution is 2.40. The van der Waals surface area contributed by atoms with Crippen LogP contribution in [0, 0.1) is 0 Å². The van der Waals surface area contributed by atoms with Crippen LogP contribution >= 0.6 is 29.4 Å². The van der Waals surface area contributed by atoms with Gasteiger partial charge < -0.3 is 14.4 Å². The number of hydrogen-bond acceptors (Lipinski definition) is 6. The molecule has 4 aromatic rings. The summed E-state index contributed by atoms with van der Waals surface area (Å²) in [6.07, 6.45) is 1.08. The Kier molecular flexibility index (Phi) is 6.54. The molecule has 0 saturated carbocycles. The lowest BCUT2D eigenvalue weighted by atomic mass is 9.95. The van der Waals surface area contributed by atoms with Crippen molar-refractivity contribution in [1.29, 1.82) is 0 Å². The molecule has 3 aromatic heterocycles. The fourth-order valence-corrected chi connectivity index (χ4v) is 5.12. The van der Waals surface area contributed by atoms with Crippen LogP contribution in [0.25, 0.3) is 33.2 Å². The number of pyridine rings is 3. The van der Waals surface area contributed by atoms with Crippen LogP contribution in [0.5, 0.6) is 0 Å². The monoisotopic (exact) mass is 541 g/mol. The van der Waals surface area contributed by atoms with Crippen molar-refractivity contribution in [3.63, 3.8) is 0 Å². The van der Waals surface area contributed by atoms with Gasteiger partial charge in [-0.3, -0.25) is 9.78 Å². The van der Waals surface area contributed by atoms with Crippen LogP contribution in [0.4, 0.5) is 0 Å². The van der Waals surface area contributed by atoms with Gasteiger partial charge in [0.1, 0.15) is 6.61 Å². The van der Waals surface area contributed by atoms with Crippen LogP contribution in [0.1, 0.15) is 49.1 Å². The van der Waals surface area contributed by atoms with Crippen molar-refractivity contribution < 1.29 is 14.6 Å². The van der Waals surface area contributed by atoms with Crippen molar-refractivity contribution >= 4 is 57.2 Å². The van der Waals surface area contributed by atoms with Gasteiger partial charge in [-0.15, -0.1) is 0 Å². The van der Waals surface area contributed by atoms with Gasteiger partial charge in [0.2, 0.25) is 0 Å². The molecule has 2 aliphatic heterocycles. The van der Waals surface area contributed by atoms with Crippen molar-refractivity contribution in [2.45, 2.75) is 46.4 Å². The molecule has 0 fully saturated rings. The largest absolute Gasteiger partial charge is 0.458 e. The van der Waals surface area contributed by atoms with E-state index in [4.69, 9.17) is 9.72 Å². The minimum Gasteiger partial charge on any atom is -0.458 e. The molecule has 1 atom stereocenters. The number of esters is 1. The number of aryl methyl sites for hydroxylation is 1. The number of aliphatic hydroxyl groups excluding tert-OH is 1. The quantitative estimate of drug-likeness (QED) is 0.247. The van der Waals surface area contributed by atoms with Crippen LogP contribution in [0.3, 0.4) is 0 Å². The Morgan fingerprint density at radius 2 is 1.91 bits per heavy atom. The average Bonchev–Trinajstić information content (AvgIpc) is 3.20. The van der Waals surface area contributed by atoms with E-state index < -0.39 is 12.1 Å². The maximum absolute atomic E-state index is 13.2. The van der Waals surface area contributed by atoms with E-state index in [1.165, 1.54) is 0 Å². The summed E-state index contributed by atoms with van der Waals surface area (Å²) in [5.41, 5.74) is 5.54. The number of carbonyl (C=O) groups excluding carboxylic acids is 1. The zero-order valence-electron chi connectivity index (χ0n) is 19.0. The fourth-order valence-electron chi connectivity index (χ4n) is 4.78. The third kappa shape index (κ3) is 3.45. The van der Waals surface area contributed by atoms with Gasteiger partial charge in [0, 0.05) is 32.6 Å². The molecule has 0 saturated heterocycles. The SMILES string of the molecule is CC.CCc1c2c(nc3ccc4ncc(Br)cc4c13)-c1cc3c(c(=O)n1C2)COC(=O)C3O.S. The third-order valence-electron chi connectivity index (χ3n) is 6.22. The number of fused-ring (bicyclic) bond motifs is 7. The Morgan fingerprint density at radius 1 is 1.18 bits per heavy atom. The van der Waals surface area contributed by atoms with E-state index in [0.717, 1.165) is 49.5 Å². The highest BCUT2D eigenvalue weighted by Gasteiger charge is 2.34. The number of hydrogen-bond donors (Lipinski definition) is 1. The van der Waals surface area contributed by atoms with Crippen molar-refractivity contribution in [3.05, 3.63) is 67.5 Å². The highest BCUT2D eigenvalue weighted by molar-refractivity contribution is 9.10. The normalized spacial score (nSPS) is 15.6. The molecule has 6 rings (SSSR count). The molecule has 9 heteroatoms. The van der Waals surface area contributed by atoms with Gasteiger partial charge in [-0.25, -0.2) is 9.78 Å². The molecule has 1 N–H and O–H groups in total. The van der Waals surface area contributed by atoms with Crippen LogP contribution < -0.4 is 5.56 Å². The third-order valence-corrected chi connectivity index (χ3v) is 6.65. The summed E-state index contributed by atoms with van der Waals surface area (Å²) in [5, 5.41) is 12.3. The number of cyclic esters (lactones) is 1.